The lowest BCUT2D eigenvalue weighted by molar-refractivity contribution is -0.140. The molecule has 0 fully saturated rings. The number of carbonyl (C=O) groups is 2. The molecule has 0 aliphatic carbocycles. The van der Waals surface area contributed by atoms with Gasteiger partial charge in [-0.05, 0) is 34.1 Å². The van der Waals surface area contributed by atoms with Gasteiger partial charge in [-0.3, -0.25) is 0 Å². The summed E-state index contributed by atoms with van der Waals surface area (Å²) < 4.78 is 13.4. The van der Waals surface area contributed by atoms with E-state index in [4.69, 9.17) is 10.2 Å². The third-order valence-corrected chi connectivity index (χ3v) is 2.45. The van der Waals surface area contributed by atoms with E-state index < -0.39 is 23.3 Å². The van der Waals surface area contributed by atoms with E-state index in [1.807, 2.05) is 0 Å². The number of hydrogen-bond acceptors (Lipinski definition) is 3. The molecule has 5 nitrogen and oxygen atoms in total. The van der Waals surface area contributed by atoms with Gasteiger partial charge in [-0.15, -0.1) is 0 Å². The molecule has 0 saturated carbocycles. The average molecular weight is 304 g/mol. The Bertz CT molecular complexity index is 485. The summed E-state index contributed by atoms with van der Waals surface area (Å²) in [6.45, 7) is 0. The van der Waals surface area contributed by atoms with E-state index in [0.29, 0.717) is 4.47 Å². The fourth-order valence-corrected chi connectivity index (χ4v) is 1.33. The zero-order valence-corrected chi connectivity index (χ0v) is 9.86. The second-order valence-electron chi connectivity index (χ2n) is 2.94. The topological polar surface area (TPSA) is 86.6 Å². The molecule has 0 radical (unpaired) electrons. The Kier molecular flexibility index (Phi) is 4.22. The van der Waals surface area contributed by atoms with Crippen LogP contribution in [-0.4, -0.2) is 22.2 Å². The highest BCUT2D eigenvalue weighted by Gasteiger charge is 2.15. The van der Waals surface area contributed by atoms with Gasteiger partial charge in [0.05, 0.1) is 5.69 Å². The van der Waals surface area contributed by atoms with E-state index in [1.165, 1.54) is 12.1 Å². The summed E-state index contributed by atoms with van der Waals surface area (Å²) in [5.74, 6) is -3.70. The van der Waals surface area contributed by atoms with Gasteiger partial charge in [-0.2, -0.15) is 0 Å². The highest BCUT2D eigenvalue weighted by atomic mass is 79.9. The summed E-state index contributed by atoms with van der Waals surface area (Å²) in [4.78, 5) is 21.1. The summed E-state index contributed by atoms with van der Waals surface area (Å²) in [6.07, 6.45) is 0.782. The third-order valence-electron chi connectivity index (χ3n) is 1.76. The summed E-state index contributed by atoms with van der Waals surface area (Å²) in [6, 6.07) is 3.71. The van der Waals surface area contributed by atoms with Crippen molar-refractivity contribution in [2.45, 2.75) is 0 Å². The number of aliphatic carboxylic acids is 2. The Morgan fingerprint density at radius 2 is 1.88 bits per heavy atom. The lowest BCUT2D eigenvalue weighted by atomic mass is 10.3. The van der Waals surface area contributed by atoms with Crippen LogP contribution in [0.2, 0.25) is 0 Å². The Morgan fingerprint density at radius 1 is 1.29 bits per heavy atom. The van der Waals surface area contributed by atoms with E-state index in [2.05, 4.69) is 21.2 Å². The van der Waals surface area contributed by atoms with Crippen molar-refractivity contribution in [3.63, 3.8) is 0 Å². The van der Waals surface area contributed by atoms with Crippen molar-refractivity contribution in [2.24, 2.45) is 0 Å². The monoisotopic (exact) mass is 303 g/mol. The molecule has 0 bridgehead atoms. The van der Waals surface area contributed by atoms with Crippen molar-refractivity contribution < 1.29 is 24.2 Å². The zero-order chi connectivity index (χ0) is 13.0. The molecule has 0 spiro atoms. The minimum absolute atomic E-state index is 0.227. The van der Waals surface area contributed by atoms with Crippen molar-refractivity contribution in [1.82, 2.24) is 0 Å². The molecule has 90 valence electrons. The van der Waals surface area contributed by atoms with E-state index >= 15 is 0 Å². The number of halogens is 2. The molecule has 0 aliphatic heterocycles. The molecule has 1 aromatic rings. The number of hydrogen-bond donors (Lipinski definition) is 3. The molecule has 17 heavy (non-hydrogen) atoms. The van der Waals surface area contributed by atoms with E-state index in [9.17, 15) is 14.0 Å². The smallest absolute Gasteiger partial charge is 0.344 e. The van der Waals surface area contributed by atoms with Crippen LogP contribution in [0.3, 0.4) is 0 Å². The molecule has 0 atom stereocenters. The van der Waals surface area contributed by atoms with Gasteiger partial charge >= 0.3 is 11.9 Å². The first-order chi connectivity index (χ1) is 7.91. The lowest BCUT2D eigenvalue weighted by Gasteiger charge is -2.04. The molecule has 1 rings (SSSR count). The third kappa shape index (κ3) is 3.56. The highest BCUT2D eigenvalue weighted by Crippen LogP contribution is 2.23. The zero-order valence-electron chi connectivity index (χ0n) is 8.28. The van der Waals surface area contributed by atoms with Gasteiger partial charge in [0.1, 0.15) is 5.82 Å². The summed E-state index contributed by atoms with van der Waals surface area (Å²) in [5.41, 5.74) is -0.619. The van der Waals surface area contributed by atoms with Crippen molar-refractivity contribution in [2.75, 3.05) is 5.32 Å². The van der Waals surface area contributed by atoms with Crippen molar-refractivity contribution in [3.8, 4) is 0 Å². The maximum atomic E-state index is 12.9. The molecule has 3 N–H and O–H groups in total. The maximum absolute atomic E-state index is 12.9. The Hall–Kier alpha value is -1.89. The van der Waals surface area contributed by atoms with Gasteiger partial charge in [0.2, 0.25) is 0 Å². The van der Waals surface area contributed by atoms with Crippen LogP contribution >= 0.6 is 15.9 Å². The fourth-order valence-electron chi connectivity index (χ4n) is 0.973. The first-order valence-electron chi connectivity index (χ1n) is 4.30. The van der Waals surface area contributed by atoms with Crippen LogP contribution in [0.4, 0.5) is 10.1 Å². The average Bonchev–Trinajstić information content (AvgIpc) is 2.22. The lowest BCUT2D eigenvalue weighted by Crippen LogP contribution is -2.13. The highest BCUT2D eigenvalue weighted by molar-refractivity contribution is 9.10. The van der Waals surface area contributed by atoms with Crippen LogP contribution in [0.25, 0.3) is 0 Å². The van der Waals surface area contributed by atoms with Crippen LogP contribution in [0, 0.1) is 5.82 Å². The molecule has 0 unspecified atom stereocenters. The number of benzene rings is 1. The van der Waals surface area contributed by atoms with E-state index in [-0.39, 0.29) is 5.69 Å². The SMILES string of the molecule is O=C(O)C(=CNc1cc(F)ccc1Br)C(=O)O. The van der Waals surface area contributed by atoms with E-state index in [0.717, 1.165) is 12.3 Å². The predicted octanol–water partition coefficient (Wildman–Crippen LogP) is 2.05. The molecular formula is C10H7BrFNO4. The normalized spacial score (nSPS) is 9.53. The number of anilines is 1. The second-order valence-corrected chi connectivity index (χ2v) is 3.79. The van der Waals surface area contributed by atoms with Gasteiger partial charge in [0, 0.05) is 10.7 Å². The molecule has 7 heteroatoms. The Balaban J connectivity index is 2.98. The van der Waals surface area contributed by atoms with E-state index in [1.54, 1.807) is 0 Å². The summed E-state index contributed by atoms with van der Waals surface area (Å²) in [5, 5.41) is 19.5. The standard InChI is InChI=1S/C10H7BrFNO4/c11-7-2-1-5(12)3-8(7)13-4-6(9(14)15)10(16)17/h1-4,13H,(H,14,15)(H,16,17). The molecule has 0 aromatic heterocycles. The molecule has 0 aliphatic rings. The second kappa shape index (κ2) is 5.44. The number of carboxylic acid groups (broad SMARTS) is 2. The maximum Gasteiger partial charge on any atom is 0.344 e. The van der Waals surface area contributed by atoms with Gasteiger partial charge in [-0.1, -0.05) is 0 Å². The van der Waals surface area contributed by atoms with Crippen molar-refractivity contribution in [3.05, 3.63) is 40.3 Å². The van der Waals surface area contributed by atoms with Gasteiger partial charge < -0.3 is 15.5 Å². The van der Waals surface area contributed by atoms with Crippen LogP contribution in [-0.2, 0) is 9.59 Å². The number of carboxylic acids is 2. The molecule has 1 aromatic carbocycles. The van der Waals surface area contributed by atoms with Crippen LogP contribution in [0.15, 0.2) is 34.4 Å². The largest absolute Gasteiger partial charge is 0.477 e. The minimum Gasteiger partial charge on any atom is -0.477 e. The molecule has 0 heterocycles. The van der Waals surface area contributed by atoms with Crippen molar-refractivity contribution in [1.29, 1.82) is 0 Å². The fraction of sp³-hybridized carbons (Fsp3) is 0. The molecule has 0 saturated heterocycles. The summed E-state index contributed by atoms with van der Waals surface area (Å²) in [7, 11) is 0. The predicted molar refractivity (Wildman–Crippen MR) is 61.1 cm³/mol. The quantitative estimate of drug-likeness (QED) is 0.450. The molecular weight excluding hydrogens is 297 g/mol. The number of rotatable bonds is 4. The van der Waals surface area contributed by atoms with Crippen molar-refractivity contribution >= 4 is 33.6 Å². The Labute approximate surface area is 104 Å². The van der Waals surface area contributed by atoms with Gasteiger partial charge in [0.15, 0.2) is 5.57 Å². The number of nitrogens with one attached hydrogen (secondary N) is 1. The first kappa shape index (κ1) is 13.2. The van der Waals surface area contributed by atoms with Crippen LogP contribution < -0.4 is 5.32 Å². The molecule has 0 amide bonds. The van der Waals surface area contributed by atoms with Crippen LogP contribution in [0.5, 0.6) is 0 Å². The minimum atomic E-state index is -1.59. The van der Waals surface area contributed by atoms with Crippen LogP contribution in [0.1, 0.15) is 0 Å². The van der Waals surface area contributed by atoms with Gasteiger partial charge in [0.25, 0.3) is 0 Å². The Morgan fingerprint density at radius 3 is 2.41 bits per heavy atom. The first-order valence-corrected chi connectivity index (χ1v) is 5.09. The summed E-state index contributed by atoms with van der Waals surface area (Å²) >= 11 is 3.10. The van der Waals surface area contributed by atoms with Gasteiger partial charge in [-0.25, -0.2) is 14.0 Å².